The molecule has 7 nitrogen and oxygen atoms in total. The second-order valence-corrected chi connectivity index (χ2v) is 5.41. The van der Waals surface area contributed by atoms with Crippen LogP contribution in [0, 0.1) is 6.92 Å². The second-order valence-electron chi connectivity index (χ2n) is 5.41. The van der Waals surface area contributed by atoms with E-state index in [1.807, 2.05) is 47.4 Å². The van der Waals surface area contributed by atoms with E-state index in [9.17, 15) is 0 Å². The topological polar surface area (TPSA) is 81.7 Å². The fourth-order valence-corrected chi connectivity index (χ4v) is 2.52. The molecule has 7 heteroatoms. The van der Waals surface area contributed by atoms with Gasteiger partial charge in [-0.3, -0.25) is 0 Å². The zero-order chi connectivity index (χ0) is 16.4. The van der Waals surface area contributed by atoms with Crippen LogP contribution in [0.3, 0.4) is 0 Å². The minimum atomic E-state index is 0.502. The van der Waals surface area contributed by atoms with E-state index in [1.165, 1.54) is 6.33 Å². The minimum absolute atomic E-state index is 0.502. The molecule has 4 rings (SSSR count). The first-order valence-corrected chi connectivity index (χ1v) is 7.70. The zero-order valence-corrected chi connectivity index (χ0v) is 13.2. The Morgan fingerprint density at radius 3 is 2.92 bits per heavy atom. The molecule has 3 aromatic heterocycles. The summed E-state index contributed by atoms with van der Waals surface area (Å²) in [7, 11) is 0. The Hall–Kier alpha value is -3.22. The van der Waals surface area contributed by atoms with Crippen molar-refractivity contribution in [1.82, 2.24) is 24.7 Å². The smallest absolute Gasteiger partial charge is 0.252 e. The van der Waals surface area contributed by atoms with Crippen LogP contribution in [0.1, 0.15) is 11.5 Å². The van der Waals surface area contributed by atoms with Crippen LogP contribution in [0.4, 0.5) is 5.82 Å². The highest BCUT2D eigenvalue weighted by Crippen LogP contribution is 2.18. The maximum atomic E-state index is 5.41. The summed E-state index contributed by atoms with van der Waals surface area (Å²) in [5.74, 6) is 1.27. The van der Waals surface area contributed by atoms with Gasteiger partial charge in [0.15, 0.2) is 17.2 Å². The van der Waals surface area contributed by atoms with Crippen molar-refractivity contribution in [2.75, 3.05) is 11.9 Å². The van der Waals surface area contributed by atoms with Gasteiger partial charge in [-0.1, -0.05) is 18.2 Å². The van der Waals surface area contributed by atoms with Gasteiger partial charge in [0, 0.05) is 19.7 Å². The lowest BCUT2D eigenvalue weighted by Gasteiger charge is -2.03. The quantitative estimate of drug-likeness (QED) is 0.609. The van der Waals surface area contributed by atoms with Crippen molar-refractivity contribution in [2.24, 2.45) is 0 Å². The molecule has 1 N–H and O–H groups in total. The molecule has 120 valence electrons. The predicted octanol–water partition coefficient (Wildman–Crippen LogP) is 2.77. The highest BCUT2D eigenvalue weighted by atomic mass is 16.4. The predicted molar refractivity (Wildman–Crippen MR) is 90.1 cm³/mol. The lowest BCUT2D eigenvalue weighted by molar-refractivity contribution is 0.551. The summed E-state index contributed by atoms with van der Waals surface area (Å²) in [4.78, 5) is 12.6. The second kappa shape index (κ2) is 6.11. The molecule has 1 aromatic carbocycles. The lowest BCUT2D eigenvalue weighted by atomic mass is 10.2. The Kier molecular flexibility index (Phi) is 3.66. The van der Waals surface area contributed by atoms with E-state index in [4.69, 9.17) is 4.42 Å². The van der Waals surface area contributed by atoms with Crippen LogP contribution in [0.2, 0.25) is 0 Å². The monoisotopic (exact) mass is 320 g/mol. The molecule has 24 heavy (non-hydrogen) atoms. The number of nitrogens with zero attached hydrogens (tertiary/aromatic N) is 5. The molecule has 0 saturated heterocycles. The number of hydrogen-bond donors (Lipinski definition) is 1. The van der Waals surface area contributed by atoms with Crippen LogP contribution in [0.25, 0.3) is 16.9 Å². The van der Waals surface area contributed by atoms with E-state index >= 15 is 0 Å². The molecule has 0 aliphatic carbocycles. The molecule has 3 heterocycles. The van der Waals surface area contributed by atoms with Crippen LogP contribution in [0.5, 0.6) is 0 Å². The molecule has 0 unspecified atom stereocenters. The van der Waals surface area contributed by atoms with Gasteiger partial charge in [0.05, 0.1) is 11.9 Å². The van der Waals surface area contributed by atoms with Crippen LogP contribution in [-0.4, -0.2) is 31.3 Å². The first-order chi connectivity index (χ1) is 11.8. The van der Waals surface area contributed by atoms with E-state index in [-0.39, 0.29) is 0 Å². The number of nitrogens with one attached hydrogen (secondary N) is 1. The largest absolute Gasteiger partial charge is 0.422 e. The number of rotatable bonds is 5. The summed E-state index contributed by atoms with van der Waals surface area (Å²) in [5.41, 5.74) is 3.36. The van der Waals surface area contributed by atoms with Crippen LogP contribution < -0.4 is 5.32 Å². The van der Waals surface area contributed by atoms with Crippen molar-refractivity contribution in [3.63, 3.8) is 0 Å². The molecule has 0 spiro atoms. The first-order valence-electron chi connectivity index (χ1n) is 7.70. The molecular weight excluding hydrogens is 304 g/mol. The van der Waals surface area contributed by atoms with E-state index in [0.29, 0.717) is 22.9 Å². The van der Waals surface area contributed by atoms with Gasteiger partial charge < -0.3 is 9.73 Å². The Bertz CT molecular complexity index is 960. The van der Waals surface area contributed by atoms with E-state index < -0.39 is 0 Å². The van der Waals surface area contributed by atoms with Crippen molar-refractivity contribution in [3.8, 4) is 5.69 Å². The maximum Gasteiger partial charge on any atom is 0.252 e. The summed E-state index contributed by atoms with van der Waals surface area (Å²) in [6.45, 7) is 2.52. The van der Waals surface area contributed by atoms with Gasteiger partial charge in [0.1, 0.15) is 6.33 Å². The highest BCUT2D eigenvalue weighted by molar-refractivity contribution is 5.80. The summed E-state index contributed by atoms with van der Waals surface area (Å²) in [6, 6.07) is 10.0. The molecule has 0 aliphatic heterocycles. The summed E-state index contributed by atoms with van der Waals surface area (Å²) in [5, 5.41) is 7.69. The van der Waals surface area contributed by atoms with E-state index in [0.717, 1.165) is 24.2 Å². The van der Waals surface area contributed by atoms with Crippen molar-refractivity contribution in [3.05, 3.63) is 60.5 Å². The first kappa shape index (κ1) is 14.4. The Balaban J connectivity index is 1.43. The normalized spacial score (nSPS) is 11.0. The fourth-order valence-electron chi connectivity index (χ4n) is 2.52. The molecule has 0 fully saturated rings. The fraction of sp³-hybridized carbons (Fsp3) is 0.176. The average molecular weight is 320 g/mol. The number of anilines is 1. The number of aromatic nitrogens is 5. The Labute approximate surface area is 138 Å². The van der Waals surface area contributed by atoms with Crippen molar-refractivity contribution >= 4 is 17.0 Å². The Morgan fingerprint density at radius 2 is 2.04 bits per heavy atom. The van der Waals surface area contributed by atoms with Gasteiger partial charge in [0.2, 0.25) is 0 Å². The standard InChI is InChI=1S/C17H16N6O/c1-12-22-15-16(19-11-20-17(15)24-12)18-8-7-13-9-21-23(10-13)14-5-3-2-4-6-14/h2-6,9-11H,7-8H2,1H3,(H,18,19,20). The summed E-state index contributed by atoms with van der Waals surface area (Å²) < 4.78 is 7.28. The zero-order valence-electron chi connectivity index (χ0n) is 13.2. The van der Waals surface area contributed by atoms with Crippen LogP contribution in [0.15, 0.2) is 53.5 Å². The molecule has 0 amide bonds. The summed E-state index contributed by atoms with van der Waals surface area (Å²) in [6.07, 6.45) is 6.22. The molecule has 0 aliphatic rings. The van der Waals surface area contributed by atoms with Gasteiger partial charge in [-0.15, -0.1) is 0 Å². The number of para-hydroxylation sites is 1. The maximum absolute atomic E-state index is 5.41. The minimum Gasteiger partial charge on any atom is -0.422 e. The third kappa shape index (κ3) is 2.83. The van der Waals surface area contributed by atoms with Crippen LogP contribution in [-0.2, 0) is 6.42 Å². The van der Waals surface area contributed by atoms with Gasteiger partial charge in [-0.05, 0) is 24.1 Å². The SMILES string of the molecule is Cc1nc2c(NCCc3cnn(-c4ccccc4)c3)ncnc2o1. The molecule has 4 aromatic rings. The number of fused-ring (bicyclic) bond motifs is 1. The molecule has 0 bridgehead atoms. The van der Waals surface area contributed by atoms with Crippen molar-refractivity contribution < 1.29 is 4.42 Å². The van der Waals surface area contributed by atoms with Gasteiger partial charge in [0.25, 0.3) is 5.71 Å². The van der Waals surface area contributed by atoms with Gasteiger partial charge in [-0.2, -0.15) is 10.1 Å². The summed E-state index contributed by atoms with van der Waals surface area (Å²) >= 11 is 0. The third-order valence-corrected chi connectivity index (χ3v) is 3.67. The average Bonchev–Trinajstić information content (AvgIpc) is 3.22. The number of hydrogen-bond acceptors (Lipinski definition) is 6. The number of benzene rings is 1. The highest BCUT2D eigenvalue weighted by Gasteiger charge is 2.09. The molecule has 0 atom stereocenters. The Morgan fingerprint density at radius 1 is 1.17 bits per heavy atom. The van der Waals surface area contributed by atoms with Crippen molar-refractivity contribution in [2.45, 2.75) is 13.3 Å². The lowest BCUT2D eigenvalue weighted by Crippen LogP contribution is -2.06. The van der Waals surface area contributed by atoms with E-state index in [1.54, 1.807) is 6.92 Å². The van der Waals surface area contributed by atoms with Crippen LogP contribution >= 0.6 is 0 Å². The van der Waals surface area contributed by atoms with E-state index in [2.05, 4.69) is 25.4 Å². The van der Waals surface area contributed by atoms with Gasteiger partial charge in [-0.25, -0.2) is 14.6 Å². The molecule has 0 radical (unpaired) electrons. The number of aryl methyl sites for hydroxylation is 1. The third-order valence-electron chi connectivity index (χ3n) is 3.67. The molecule has 0 saturated carbocycles. The van der Waals surface area contributed by atoms with Gasteiger partial charge >= 0.3 is 0 Å². The molecular formula is C17H16N6O. The van der Waals surface area contributed by atoms with Crippen molar-refractivity contribution in [1.29, 1.82) is 0 Å². The number of oxazole rings is 1.